The quantitative estimate of drug-likeness (QED) is 0.187. The third-order valence-corrected chi connectivity index (χ3v) is 10.1. The highest BCUT2D eigenvalue weighted by Crippen LogP contribution is 2.39. The van der Waals surface area contributed by atoms with Crippen molar-refractivity contribution in [1.29, 1.82) is 5.26 Å². The van der Waals surface area contributed by atoms with E-state index in [9.17, 15) is 5.26 Å². The van der Waals surface area contributed by atoms with Gasteiger partial charge in [0.1, 0.15) is 36.3 Å². The summed E-state index contributed by atoms with van der Waals surface area (Å²) in [6.45, 7) is 6.82. The van der Waals surface area contributed by atoms with Crippen LogP contribution in [0.15, 0.2) is 49.4 Å². The van der Waals surface area contributed by atoms with Crippen LogP contribution in [0.25, 0.3) is 11.1 Å². The van der Waals surface area contributed by atoms with E-state index in [2.05, 4.69) is 41.0 Å². The molecule has 14 heteroatoms. The number of fused-ring (bicyclic) bond motifs is 2. The molecule has 1 saturated carbocycles. The Morgan fingerprint density at radius 2 is 1.70 bits per heavy atom. The minimum atomic E-state index is -0.230. The van der Waals surface area contributed by atoms with Gasteiger partial charge >= 0.3 is 0 Å². The third kappa shape index (κ3) is 7.75. The molecule has 3 aromatic heterocycles. The number of ether oxygens (including phenoxy) is 4. The number of nitriles is 1. The number of aromatic nitrogens is 7. The van der Waals surface area contributed by atoms with Crippen LogP contribution in [0.2, 0.25) is 0 Å². The van der Waals surface area contributed by atoms with E-state index in [-0.39, 0.29) is 12.2 Å². The molecule has 3 aliphatic rings. The molecular formula is C36H46N10O4. The Bertz CT molecular complexity index is 1720. The number of morpholine rings is 1. The van der Waals surface area contributed by atoms with Crippen LogP contribution in [0.1, 0.15) is 70.4 Å². The van der Waals surface area contributed by atoms with E-state index >= 15 is 0 Å². The molecule has 1 aliphatic carbocycles. The van der Waals surface area contributed by atoms with E-state index in [0.717, 1.165) is 62.1 Å². The Morgan fingerprint density at radius 1 is 0.960 bits per heavy atom. The summed E-state index contributed by atoms with van der Waals surface area (Å²) in [7, 11) is 1.70. The Morgan fingerprint density at radius 3 is 2.40 bits per heavy atom. The number of benzene rings is 1. The van der Waals surface area contributed by atoms with E-state index in [1.807, 2.05) is 32.2 Å². The number of rotatable bonds is 14. The van der Waals surface area contributed by atoms with Gasteiger partial charge in [0.25, 0.3) is 5.88 Å². The van der Waals surface area contributed by atoms with Gasteiger partial charge in [-0.1, -0.05) is 6.07 Å². The summed E-state index contributed by atoms with van der Waals surface area (Å²) < 4.78 is 27.4. The monoisotopic (exact) mass is 682 g/mol. The number of anilines is 2. The van der Waals surface area contributed by atoms with Crippen molar-refractivity contribution in [3.63, 3.8) is 0 Å². The van der Waals surface area contributed by atoms with Crippen LogP contribution in [-0.2, 0) is 16.0 Å². The molecule has 0 unspecified atom stereocenters. The lowest BCUT2D eigenvalue weighted by Crippen LogP contribution is -2.52. The van der Waals surface area contributed by atoms with Gasteiger partial charge < -0.3 is 24.3 Å². The van der Waals surface area contributed by atoms with E-state index in [1.165, 1.54) is 19.2 Å². The fourth-order valence-electron chi connectivity index (χ4n) is 7.54. The molecule has 1 aromatic carbocycles. The lowest BCUT2D eigenvalue weighted by atomic mass is 9.89. The van der Waals surface area contributed by atoms with Gasteiger partial charge in [-0.05, 0) is 70.1 Å². The van der Waals surface area contributed by atoms with Crippen LogP contribution in [0.3, 0.4) is 0 Å². The number of nitrogens with one attached hydrogen (secondary N) is 1. The molecule has 0 spiro atoms. The fourth-order valence-corrected chi connectivity index (χ4v) is 7.54. The van der Waals surface area contributed by atoms with Crippen LogP contribution in [0.5, 0.6) is 11.6 Å². The standard InChI is InChI=1S/C36H46N10O4/c1-24(12-13-47-3)50-35-33(19-45(43-35)29-6-8-30(9-7-29)46-31-10-11-32(46)21-48-20-31)42-36-39-16-28(17-40-36)26-4-5-27(15-37)34(14-26)49-25(2)18-44-23-38-22-41-44/h4-5,14,16-17,19,22-25,29-32H,6-13,18,20-21H2,1-3H3,(H,39,40,42)/t24-,25-,29?,30?,31-,32+/m0/s1. The molecule has 264 valence electrons. The van der Waals surface area contributed by atoms with E-state index in [0.29, 0.717) is 60.5 Å². The summed E-state index contributed by atoms with van der Waals surface area (Å²) in [5.74, 6) is 1.45. The normalized spacial score (nSPS) is 23.2. The van der Waals surface area contributed by atoms with Crippen molar-refractivity contribution in [3.8, 4) is 28.8 Å². The largest absolute Gasteiger partial charge is 0.487 e. The summed E-state index contributed by atoms with van der Waals surface area (Å²) in [5.41, 5.74) is 2.80. The van der Waals surface area contributed by atoms with Gasteiger partial charge in [0.05, 0.1) is 43.7 Å². The van der Waals surface area contributed by atoms with Crippen molar-refractivity contribution >= 4 is 11.6 Å². The maximum atomic E-state index is 9.70. The molecule has 3 fully saturated rings. The first-order chi connectivity index (χ1) is 24.5. The number of hydrogen-bond acceptors (Lipinski definition) is 12. The second-order valence-electron chi connectivity index (χ2n) is 13.7. The summed E-state index contributed by atoms with van der Waals surface area (Å²) in [6, 6.07) is 9.78. The Hall–Kier alpha value is -4.58. The molecular weight excluding hydrogens is 636 g/mol. The highest BCUT2D eigenvalue weighted by atomic mass is 16.5. The smallest absolute Gasteiger partial charge is 0.257 e. The predicted octanol–water partition coefficient (Wildman–Crippen LogP) is 5.17. The van der Waals surface area contributed by atoms with Crippen LogP contribution < -0.4 is 14.8 Å². The predicted molar refractivity (Wildman–Crippen MR) is 185 cm³/mol. The van der Waals surface area contributed by atoms with Crippen molar-refractivity contribution in [1.82, 2.24) is 39.4 Å². The Labute approximate surface area is 292 Å². The zero-order chi connectivity index (χ0) is 34.5. The first kappa shape index (κ1) is 33.9. The van der Waals surface area contributed by atoms with Gasteiger partial charge in [0, 0.05) is 56.2 Å². The third-order valence-electron chi connectivity index (χ3n) is 10.1. The topological polar surface area (TPSA) is 150 Å². The van der Waals surface area contributed by atoms with Crippen molar-refractivity contribution in [3.05, 3.63) is 55.0 Å². The number of hydrogen-bond donors (Lipinski definition) is 1. The molecule has 0 amide bonds. The van der Waals surface area contributed by atoms with Crippen molar-refractivity contribution in [2.75, 3.05) is 32.2 Å². The Kier molecular flexibility index (Phi) is 10.5. The van der Waals surface area contributed by atoms with Crippen molar-refractivity contribution < 1.29 is 18.9 Å². The molecule has 0 radical (unpaired) electrons. The first-order valence-corrected chi connectivity index (χ1v) is 17.7. The average molecular weight is 683 g/mol. The van der Waals surface area contributed by atoms with E-state index < -0.39 is 0 Å². The van der Waals surface area contributed by atoms with Gasteiger partial charge in [-0.2, -0.15) is 10.4 Å². The highest BCUT2D eigenvalue weighted by molar-refractivity contribution is 5.67. The molecule has 2 aliphatic heterocycles. The van der Waals surface area contributed by atoms with E-state index in [1.54, 1.807) is 36.6 Å². The van der Waals surface area contributed by atoms with Crippen LogP contribution >= 0.6 is 0 Å². The van der Waals surface area contributed by atoms with Crippen LogP contribution in [0.4, 0.5) is 11.6 Å². The maximum Gasteiger partial charge on any atom is 0.257 e. The Balaban J connectivity index is 1.04. The van der Waals surface area contributed by atoms with Gasteiger partial charge in [-0.15, -0.1) is 5.10 Å². The molecule has 1 N–H and O–H groups in total. The zero-order valence-electron chi connectivity index (χ0n) is 29.0. The molecule has 50 heavy (non-hydrogen) atoms. The second kappa shape index (κ2) is 15.5. The molecule has 2 bridgehead atoms. The number of nitrogens with zero attached hydrogens (tertiary/aromatic N) is 9. The van der Waals surface area contributed by atoms with Crippen LogP contribution in [0, 0.1) is 11.3 Å². The summed E-state index contributed by atoms with van der Waals surface area (Å²) in [4.78, 5) is 16.0. The van der Waals surface area contributed by atoms with Gasteiger partial charge in [-0.3, -0.25) is 9.58 Å². The average Bonchev–Trinajstić information content (AvgIpc) is 3.85. The molecule has 14 nitrogen and oxygen atoms in total. The number of methoxy groups -OCH3 is 1. The van der Waals surface area contributed by atoms with E-state index in [4.69, 9.17) is 24.0 Å². The van der Waals surface area contributed by atoms with Crippen molar-refractivity contribution in [2.45, 2.75) is 102 Å². The summed E-state index contributed by atoms with van der Waals surface area (Å²) in [5, 5.41) is 22.2. The zero-order valence-corrected chi connectivity index (χ0v) is 29.0. The molecule has 4 aromatic rings. The lowest BCUT2D eigenvalue weighted by molar-refractivity contribution is -0.0458. The molecule has 7 rings (SSSR count). The summed E-state index contributed by atoms with van der Waals surface area (Å²) >= 11 is 0. The van der Waals surface area contributed by atoms with Gasteiger partial charge in [0.2, 0.25) is 5.95 Å². The summed E-state index contributed by atoms with van der Waals surface area (Å²) in [6.07, 6.45) is 16.1. The highest BCUT2D eigenvalue weighted by Gasteiger charge is 2.42. The minimum Gasteiger partial charge on any atom is -0.487 e. The van der Waals surface area contributed by atoms with Gasteiger partial charge in [-0.25, -0.2) is 19.6 Å². The SMILES string of the molecule is COCC[C@H](C)Oc1nn(C2CCC(N3[C@@H]4CC[C@H]3COC4)CC2)cc1Nc1ncc(-c2ccc(C#N)c(O[C@@H](C)Cn3cncn3)c2)cn1. The van der Waals surface area contributed by atoms with Crippen LogP contribution in [-0.4, -0.2) is 96.7 Å². The molecule has 5 heterocycles. The molecule has 2 saturated heterocycles. The van der Waals surface area contributed by atoms with Gasteiger partial charge in [0.15, 0.2) is 0 Å². The first-order valence-electron chi connectivity index (χ1n) is 17.7. The molecule has 4 atom stereocenters. The second-order valence-corrected chi connectivity index (χ2v) is 13.7. The lowest BCUT2D eigenvalue weighted by Gasteiger charge is -2.43. The van der Waals surface area contributed by atoms with Crippen molar-refractivity contribution in [2.24, 2.45) is 0 Å². The maximum absolute atomic E-state index is 9.70. The fraction of sp³-hybridized carbons (Fsp3) is 0.556. The minimum absolute atomic E-state index is 0.0820.